The van der Waals surface area contributed by atoms with Crippen LogP contribution in [-0.4, -0.2) is 11.5 Å². The summed E-state index contributed by atoms with van der Waals surface area (Å²) in [5.74, 6) is 0.561. The first-order valence-electron chi connectivity index (χ1n) is 6.11. The van der Waals surface area contributed by atoms with Crippen LogP contribution in [0.2, 0.25) is 0 Å². The minimum atomic E-state index is 0.357. The van der Waals surface area contributed by atoms with Crippen molar-refractivity contribution in [2.24, 2.45) is 0 Å². The van der Waals surface area contributed by atoms with E-state index in [0.29, 0.717) is 30.0 Å². The molecule has 0 aliphatic rings. The van der Waals surface area contributed by atoms with E-state index in [2.05, 4.69) is 11.1 Å². The topological polar surface area (TPSA) is 89.7 Å². The van der Waals surface area contributed by atoms with E-state index in [1.807, 2.05) is 41.3 Å². The minimum absolute atomic E-state index is 0.357. The molecule has 0 radical (unpaired) electrons. The first-order valence-corrected chi connectivity index (χ1v) is 6.11. The highest BCUT2D eigenvalue weighted by Crippen LogP contribution is 2.28. The van der Waals surface area contributed by atoms with Crippen LogP contribution in [0.3, 0.4) is 0 Å². The summed E-state index contributed by atoms with van der Waals surface area (Å²) in [6.45, 7) is 0.490. The van der Waals surface area contributed by atoms with Gasteiger partial charge in [0.25, 0.3) is 0 Å². The smallest absolute Gasteiger partial charge is 0.156 e. The minimum Gasteiger partial charge on any atom is -0.396 e. The molecular formula is C15H13N5. The summed E-state index contributed by atoms with van der Waals surface area (Å²) in [4.78, 5) is 6.12. The number of hydrogen-bond donors (Lipinski definition) is 1. The third-order valence-electron chi connectivity index (χ3n) is 2.79. The Morgan fingerprint density at radius 1 is 1.20 bits per heavy atom. The Balaban J connectivity index is 2.42. The molecule has 1 aromatic carbocycles. The summed E-state index contributed by atoms with van der Waals surface area (Å²) in [5.41, 5.74) is 7.72. The molecule has 0 bridgehead atoms. The maximum atomic E-state index is 8.85. The normalized spacial score (nSPS) is 9.50. The second kappa shape index (κ2) is 6.21. The predicted octanol–water partition coefficient (Wildman–Crippen LogP) is 2.59. The molecule has 0 aliphatic heterocycles. The zero-order chi connectivity index (χ0) is 14.4. The van der Waals surface area contributed by atoms with Gasteiger partial charge in [0.15, 0.2) is 5.82 Å². The average Bonchev–Trinajstić information content (AvgIpc) is 2.50. The van der Waals surface area contributed by atoms with Gasteiger partial charge in [-0.2, -0.15) is 10.5 Å². The van der Waals surface area contributed by atoms with Gasteiger partial charge in [-0.25, -0.2) is 4.98 Å². The SMILES string of the molecule is N#CCCN(c1ccccc1)c1ncc(C#N)cc1N. The monoisotopic (exact) mass is 263 g/mol. The number of aromatic nitrogens is 1. The molecule has 5 nitrogen and oxygen atoms in total. The number of nitrogens with two attached hydrogens (primary N) is 1. The van der Waals surface area contributed by atoms with Gasteiger partial charge in [0, 0.05) is 18.4 Å². The van der Waals surface area contributed by atoms with Crippen LogP contribution in [0.1, 0.15) is 12.0 Å². The summed E-state index contributed by atoms with van der Waals surface area (Å²) < 4.78 is 0. The lowest BCUT2D eigenvalue weighted by molar-refractivity contribution is 0.928. The number of rotatable bonds is 4. The number of nitriles is 2. The molecule has 0 spiro atoms. The third kappa shape index (κ3) is 2.85. The van der Waals surface area contributed by atoms with Crippen LogP contribution in [0.15, 0.2) is 42.6 Å². The second-order valence-electron chi connectivity index (χ2n) is 4.14. The van der Waals surface area contributed by atoms with E-state index in [4.69, 9.17) is 16.3 Å². The van der Waals surface area contributed by atoms with Crippen LogP contribution in [0.5, 0.6) is 0 Å². The molecule has 98 valence electrons. The number of anilines is 3. The van der Waals surface area contributed by atoms with Crippen molar-refractivity contribution in [1.82, 2.24) is 4.98 Å². The predicted molar refractivity (Wildman–Crippen MR) is 77.0 cm³/mol. The molecule has 0 atom stereocenters. The van der Waals surface area contributed by atoms with Crippen LogP contribution in [-0.2, 0) is 0 Å². The van der Waals surface area contributed by atoms with Gasteiger partial charge in [-0.05, 0) is 18.2 Å². The Hall–Kier alpha value is -3.05. The Kier molecular flexibility index (Phi) is 4.16. The highest BCUT2D eigenvalue weighted by Gasteiger charge is 2.13. The van der Waals surface area contributed by atoms with Gasteiger partial charge in [-0.1, -0.05) is 18.2 Å². The number of para-hydroxylation sites is 1. The van der Waals surface area contributed by atoms with Gasteiger partial charge in [-0.3, -0.25) is 0 Å². The average molecular weight is 263 g/mol. The fourth-order valence-corrected chi connectivity index (χ4v) is 1.89. The Bertz CT molecular complexity index is 667. The number of nitrogens with zero attached hydrogens (tertiary/aromatic N) is 4. The molecule has 2 rings (SSSR count). The Morgan fingerprint density at radius 2 is 1.95 bits per heavy atom. The molecule has 1 heterocycles. The number of nitrogen functional groups attached to an aromatic ring is 1. The van der Waals surface area contributed by atoms with Crippen molar-refractivity contribution in [3.05, 3.63) is 48.2 Å². The van der Waals surface area contributed by atoms with Gasteiger partial charge in [0.1, 0.15) is 6.07 Å². The van der Waals surface area contributed by atoms with Gasteiger partial charge >= 0.3 is 0 Å². The quantitative estimate of drug-likeness (QED) is 0.915. The molecule has 0 fully saturated rings. The van der Waals surface area contributed by atoms with Crippen LogP contribution >= 0.6 is 0 Å². The molecule has 2 aromatic rings. The lowest BCUT2D eigenvalue weighted by Gasteiger charge is -2.24. The lowest BCUT2D eigenvalue weighted by Crippen LogP contribution is -2.20. The van der Waals surface area contributed by atoms with E-state index in [9.17, 15) is 0 Å². The lowest BCUT2D eigenvalue weighted by atomic mass is 10.2. The standard InChI is InChI=1S/C15H13N5/c16-7-4-8-20(13-5-2-1-3-6-13)15-14(18)9-12(10-17)11-19-15/h1-3,5-6,9,11H,4,8,18H2. The molecule has 0 saturated carbocycles. The van der Waals surface area contributed by atoms with Gasteiger partial charge in [0.05, 0.1) is 23.7 Å². The summed E-state index contributed by atoms with van der Waals surface area (Å²) in [6.07, 6.45) is 1.84. The summed E-state index contributed by atoms with van der Waals surface area (Å²) in [5, 5.41) is 17.6. The van der Waals surface area contributed by atoms with E-state index < -0.39 is 0 Å². The molecule has 1 aromatic heterocycles. The molecule has 0 saturated heterocycles. The van der Waals surface area contributed by atoms with Gasteiger partial charge in [0.2, 0.25) is 0 Å². The first-order chi connectivity index (χ1) is 9.76. The third-order valence-corrected chi connectivity index (χ3v) is 2.79. The van der Waals surface area contributed by atoms with Crippen molar-refractivity contribution in [2.75, 3.05) is 17.2 Å². The molecule has 5 heteroatoms. The Labute approximate surface area is 117 Å². The van der Waals surface area contributed by atoms with Crippen molar-refractivity contribution in [3.8, 4) is 12.1 Å². The fraction of sp³-hybridized carbons (Fsp3) is 0.133. The van der Waals surface area contributed by atoms with Crippen molar-refractivity contribution in [3.63, 3.8) is 0 Å². The molecule has 0 amide bonds. The maximum Gasteiger partial charge on any atom is 0.156 e. The maximum absolute atomic E-state index is 8.85. The number of benzene rings is 1. The van der Waals surface area contributed by atoms with Gasteiger partial charge in [-0.15, -0.1) is 0 Å². The summed E-state index contributed by atoms with van der Waals surface area (Å²) in [6, 6.07) is 15.3. The Morgan fingerprint density at radius 3 is 2.55 bits per heavy atom. The highest BCUT2D eigenvalue weighted by molar-refractivity contribution is 5.72. The van der Waals surface area contributed by atoms with E-state index >= 15 is 0 Å². The fourth-order valence-electron chi connectivity index (χ4n) is 1.89. The highest BCUT2D eigenvalue weighted by atomic mass is 15.2. The van der Waals surface area contributed by atoms with Crippen LogP contribution in [0.4, 0.5) is 17.2 Å². The van der Waals surface area contributed by atoms with Gasteiger partial charge < -0.3 is 10.6 Å². The van der Waals surface area contributed by atoms with Crippen LogP contribution in [0.25, 0.3) is 0 Å². The van der Waals surface area contributed by atoms with E-state index in [0.717, 1.165) is 5.69 Å². The zero-order valence-electron chi connectivity index (χ0n) is 10.8. The number of pyridine rings is 1. The van der Waals surface area contributed by atoms with Crippen molar-refractivity contribution in [2.45, 2.75) is 6.42 Å². The van der Waals surface area contributed by atoms with Crippen LogP contribution in [0, 0.1) is 22.7 Å². The van der Waals surface area contributed by atoms with Crippen molar-refractivity contribution >= 4 is 17.2 Å². The zero-order valence-corrected chi connectivity index (χ0v) is 10.8. The largest absolute Gasteiger partial charge is 0.396 e. The summed E-state index contributed by atoms with van der Waals surface area (Å²) in [7, 11) is 0. The molecule has 0 unspecified atom stereocenters. The first kappa shape index (κ1) is 13.4. The van der Waals surface area contributed by atoms with E-state index in [1.54, 1.807) is 6.07 Å². The van der Waals surface area contributed by atoms with Crippen molar-refractivity contribution < 1.29 is 0 Å². The number of hydrogen-bond acceptors (Lipinski definition) is 5. The second-order valence-corrected chi connectivity index (χ2v) is 4.14. The van der Waals surface area contributed by atoms with Crippen molar-refractivity contribution in [1.29, 1.82) is 10.5 Å². The molecule has 0 aliphatic carbocycles. The summed E-state index contributed by atoms with van der Waals surface area (Å²) >= 11 is 0. The molecular weight excluding hydrogens is 250 g/mol. The van der Waals surface area contributed by atoms with E-state index in [1.165, 1.54) is 6.20 Å². The van der Waals surface area contributed by atoms with Crippen LogP contribution < -0.4 is 10.6 Å². The molecule has 2 N–H and O–H groups in total. The molecule has 20 heavy (non-hydrogen) atoms. The van der Waals surface area contributed by atoms with E-state index in [-0.39, 0.29) is 0 Å².